The maximum absolute atomic E-state index is 13.3. The number of ketones is 2. The number of nitrogens with zero attached hydrogens (tertiary/aromatic N) is 1. The molecule has 0 aromatic heterocycles. The summed E-state index contributed by atoms with van der Waals surface area (Å²) in [4.78, 5) is 41.0. The minimum Gasteiger partial charge on any atom is -0.339 e. The van der Waals surface area contributed by atoms with E-state index in [-0.39, 0.29) is 23.4 Å². The fourth-order valence-electron chi connectivity index (χ4n) is 5.76. The van der Waals surface area contributed by atoms with Crippen molar-refractivity contribution in [3.63, 3.8) is 0 Å². The Hall–Kier alpha value is -2.75. The van der Waals surface area contributed by atoms with Gasteiger partial charge in [-0.3, -0.25) is 14.4 Å². The summed E-state index contributed by atoms with van der Waals surface area (Å²) in [5.74, 6) is -0.124. The molecule has 0 radical (unpaired) electrons. The zero-order valence-corrected chi connectivity index (χ0v) is 19.6. The number of hydrogen-bond acceptors (Lipinski definition) is 3. The molecule has 0 spiro atoms. The molecule has 2 aromatic carbocycles. The molecule has 0 bridgehead atoms. The molecule has 2 unspecified atom stereocenters. The van der Waals surface area contributed by atoms with Crippen molar-refractivity contribution in [2.45, 2.75) is 59.3 Å². The summed E-state index contributed by atoms with van der Waals surface area (Å²) in [6.07, 6.45) is 2.90. The highest BCUT2D eigenvalue weighted by Gasteiger charge is 2.44. The second-order valence-electron chi connectivity index (χ2n) is 9.80. The van der Waals surface area contributed by atoms with Crippen molar-refractivity contribution in [2.75, 3.05) is 13.1 Å². The molecule has 2 fully saturated rings. The monoisotopic (exact) mass is 431 g/mol. The summed E-state index contributed by atoms with van der Waals surface area (Å²) in [6, 6.07) is 11.8. The van der Waals surface area contributed by atoms with Gasteiger partial charge in [0, 0.05) is 31.0 Å². The number of amides is 1. The molecule has 1 amide bonds. The maximum atomic E-state index is 13.3. The minimum atomic E-state index is -0.594. The van der Waals surface area contributed by atoms with Gasteiger partial charge < -0.3 is 4.90 Å². The molecule has 0 N–H and O–H groups in total. The van der Waals surface area contributed by atoms with Gasteiger partial charge in [-0.2, -0.15) is 0 Å². The van der Waals surface area contributed by atoms with E-state index in [1.54, 1.807) is 0 Å². The predicted octanol–water partition coefficient (Wildman–Crippen LogP) is 5.10. The Balaban J connectivity index is 1.39. The van der Waals surface area contributed by atoms with Gasteiger partial charge in [0.1, 0.15) is 11.7 Å². The molecule has 1 saturated heterocycles. The SMILES string of the molecule is Cc1cc(C)c(C2C(=O)CC(CC3CCN(C(=O)c4ccccc4C)CC3)C2=O)c(C)c1. The van der Waals surface area contributed by atoms with Crippen LogP contribution >= 0.6 is 0 Å². The summed E-state index contributed by atoms with van der Waals surface area (Å²) >= 11 is 0. The summed E-state index contributed by atoms with van der Waals surface area (Å²) in [6.45, 7) is 9.45. The Kier molecular flexibility index (Phi) is 6.32. The third-order valence-electron chi connectivity index (χ3n) is 7.38. The number of rotatable bonds is 4. The number of aryl methyl sites for hydroxylation is 4. The van der Waals surface area contributed by atoms with Gasteiger partial charge in [-0.05, 0) is 81.2 Å². The first-order valence-electron chi connectivity index (χ1n) is 11.7. The molecule has 1 aliphatic heterocycles. The van der Waals surface area contributed by atoms with Crippen LogP contribution in [0.4, 0.5) is 0 Å². The lowest BCUT2D eigenvalue weighted by molar-refractivity contribution is -0.125. The largest absolute Gasteiger partial charge is 0.339 e. The van der Waals surface area contributed by atoms with E-state index in [0.29, 0.717) is 25.4 Å². The molecule has 168 valence electrons. The molecule has 2 aliphatic rings. The van der Waals surface area contributed by atoms with Gasteiger partial charge in [-0.15, -0.1) is 0 Å². The Morgan fingerprint density at radius 1 is 0.938 bits per heavy atom. The minimum absolute atomic E-state index is 0.0715. The van der Waals surface area contributed by atoms with Crippen LogP contribution < -0.4 is 0 Å². The lowest BCUT2D eigenvalue weighted by atomic mass is 9.83. The van der Waals surface area contributed by atoms with E-state index in [1.807, 2.05) is 56.9 Å². The average Bonchev–Trinajstić information content (AvgIpc) is 3.01. The molecule has 2 atom stereocenters. The highest BCUT2D eigenvalue weighted by molar-refractivity contribution is 6.15. The van der Waals surface area contributed by atoms with Crippen molar-refractivity contribution < 1.29 is 14.4 Å². The Morgan fingerprint density at radius 3 is 2.19 bits per heavy atom. The van der Waals surface area contributed by atoms with Crippen molar-refractivity contribution in [3.8, 4) is 0 Å². The molecule has 1 aliphatic carbocycles. The molecule has 1 heterocycles. The van der Waals surface area contributed by atoms with Gasteiger partial charge in [0.15, 0.2) is 5.78 Å². The summed E-state index contributed by atoms with van der Waals surface area (Å²) in [5.41, 5.74) is 5.93. The van der Waals surface area contributed by atoms with Gasteiger partial charge in [-0.1, -0.05) is 35.9 Å². The number of Topliss-reactive ketones (excluding diaryl/α,β-unsaturated/α-hetero) is 2. The normalized spacial score (nSPS) is 21.9. The standard InChI is InChI=1S/C28H33NO3/c1-17-13-19(3)25(20(4)14-17)26-24(30)16-22(27(26)31)15-21-9-11-29(12-10-21)28(32)23-8-6-5-7-18(23)2/h5-8,13-14,21-22,26H,9-12,15-16H2,1-4H3. The van der Waals surface area contributed by atoms with Gasteiger partial charge in [0.05, 0.1) is 0 Å². The fourth-order valence-corrected chi connectivity index (χ4v) is 5.76. The highest BCUT2D eigenvalue weighted by Crippen LogP contribution is 2.40. The lowest BCUT2D eigenvalue weighted by Gasteiger charge is -2.33. The molecule has 2 aromatic rings. The maximum Gasteiger partial charge on any atom is 0.254 e. The first-order chi connectivity index (χ1) is 15.3. The summed E-state index contributed by atoms with van der Waals surface area (Å²) < 4.78 is 0. The molecule has 4 nitrogen and oxygen atoms in total. The Morgan fingerprint density at radius 2 is 1.56 bits per heavy atom. The lowest BCUT2D eigenvalue weighted by Crippen LogP contribution is -2.39. The molecular formula is C28H33NO3. The molecule has 4 heteroatoms. The van der Waals surface area contributed by atoms with Crippen LogP contribution in [-0.4, -0.2) is 35.5 Å². The van der Waals surface area contributed by atoms with Crippen molar-refractivity contribution in [1.82, 2.24) is 4.90 Å². The zero-order chi connectivity index (χ0) is 23.0. The topological polar surface area (TPSA) is 54.5 Å². The van der Waals surface area contributed by atoms with E-state index in [9.17, 15) is 14.4 Å². The number of carbonyl (C=O) groups excluding carboxylic acids is 3. The van der Waals surface area contributed by atoms with Crippen LogP contribution in [-0.2, 0) is 9.59 Å². The van der Waals surface area contributed by atoms with Crippen LogP contribution in [0, 0.1) is 39.5 Å². The van der Waals surface area contributed by atoms with Gasteiger partial charge in [-0.25, -0.2) is 0 Å². The fraction of sp³-hybridized carbons (Fsp3) is 0.464. The molecule has 4 rings (SSSR count). The zero-order valence-electron chi connectivity index (χ0n) is 19.6. The first kappa shape index (κ1) is 22.4. The van der Waals surface area contributed by atoms with Crippen LogP contribution in [0.25, 0.3) is 0 Å². The quantitative estimate of drug-likeness (QED) is 0.633. The van der Waals surface area contributed by atoms with Gasteiger partial charge in [0.25, 0.3) is 5.91 Å². The molecule has 1 saturated carbocycles. The average molecular weight is 432 g/mol. The van der Waals surface area contributed by atoms with Crippen molar-refractivity contribution in [2.24, 2.45) is 11.8 Å². The van der Waals surface area contributed by atoms with Crippen LogP contribution in [0.3, 0.4) is 0 Å². The number of carbonyl (C=O) groups is 3. The smallest absolute Gasteiger partial charge is 0.254 e. The van der Waals surface area contributed by atoms with Crippen LogP contribution in [0.5, 0.6) is 0 Å². The van der Waals surface area contributed by atoms with Crippen LogP contribution in [0.1, 0.15) is 69.8 Å². The van der Waals surface area contributed by atoms with Crippen molar-refractivity contribution >= 4 is 17.5 Å². The number of benzene rings is 2. The van der Waals surface area contributed by atoms with E-state index in [1.165, 1.54) is 0 Å². The second-order valence-corrected chi connectivity index (χ2v) is 9.80. The second kappa shape index (κ2) is 9.01. The number of likely N-dealkylation sites (tertiary alicyclic amines) is 1. The third kappa shape index (κ3) is 4.28. The van der Waals surface area contributed by atoms with E-state index in [4.69, 9.17) is 0 Å². The number of hydrogen-bond donors (Lipinski definition) is 0. The summed E-state index contributed by atoms with van der Waals surface area (Å²) in [5, 5.41) is 0. The Labute approximate surface area is 191 Å². The molecule has 32 heavy (non-hydrogen) atoms. The van der Waals surface area contributed by atoms with E-state index in [2.05, 4.69) is 12.1 Å². The van der Waals surface area contributed by atoms with E-state index in [0.717, 1.165) is 52.6 Å². The van der Waals surface area contributed by atoms with Crippen LogP contribution in [0.2, 0.25) is 0 Å². The van der Waals surface area contributed by atoms with E-state index < -0.39 is 5.92 Å². The predicted molar refractivity (Wildman–Crippen MR) is 126 cm³/mol. The van der Waals surface area contributed by atoms with Gasteiger partial charge in [0.2, 0.25) is 0 Å². The summed E-state index contributed by atoms with van der Waals surface area (Å²) in [7, 11) is 0. The van der Waals surface area contributed by atoms with Gasteiger partial charge >= 0.3 is 0 Å². The first-order valence-corrected chi connectivity index (χ1v) is 11.7. The third-order valence-corrected chi connectivity index (χ3v) is 7.38. The highest BCUT2D eigenvalue weighted by atomic mass is 16.2. The number of piperidine rings is 1. The molecular weight excluding hydrogens is 398 g/mol. The van der Waals surface area contributed by atoms with Crippen LogP contribution in [0.15, 0.2) is 36.4 Å². The van der Waals surface area contributed by atoms with E-state index >= 15 is 0 Å². The van der Waals surface area contributed by atoms with Crippen molar-refractivity contribution in [1.29, 1.82) is 0 Å². The van der Waals surface area contributed by atoms with Crippen molar-refractivity contribution in [3.05, 3.63) is 69.8 Å². The Bertz CT molecular complexity index is 1040.